The third kappa shape index (κ3) is 4.15. The van der Waals surface area contributed by atoms with E-state index < -0.39 is 0 Å². The van der Waals surface area contributed by atoms with Crippen molar-refractivity contribution in [2.24, 2.45) is 4.99 Å². The molecule has 0 radical (unpaired) electrons. The third-order valence-corrected chi connectivity index (χ3v) is 2.87. The van der Waals surface area contributed by atoms with Crippen molar-refractivity contribution in [2.45, 2.75) is 26.3 Å². The van der Waals surface area contributed by atoms with Gasteiger partial charge in [0.15, 0.2) is 11.7 Å². The van der Waals surface area contributed by atoms with Gasteiger partial charge >= 0.3 is 0 Å². The number of aromatic nitrogens is 1. The maximum absolute atomic E-state index is 5.27. The minimum atomic E-state index is 0.563. The summed E-state index contributed by atoms with van der Waals surface area (Å²) in [4.78, 5) is 4.15. The lowest BCUT2D eigenvalue weighted by Gasteiger charge is -2.09. The van der Waals surface area contributed by atoms with Gasteiger partial charge in [0, 0.05) is 26.1 Å². The molecule has 0 aliphatic heterocycles. The van der Waals surface area contributed by atoms with Crippen LogP contribution in [0.1, 0.15) is 24.1 Å². The third-order valence-electron chi connectivity index (χ3n) is 2.87. The van der Waals surface area contributed by atoms with Crippen molar-refractivity contribution in [1.29, 1.82) is 0 Å². The largest absolute Gasteiger partial charge is 0.469 e. The highest BCUT2D eigenvalue weighted by Gasteiger charge is 2.04. The summed E-state index contributed by atoms with van der Waals surface area (Å²) >= 11 is 0. The highest BCUT2D eigenvalue weighted by atomic mass is 16.5. The summed E-state index contributed by atoms with van der Waals surface area (Å²) in [6.45, 7) is 3.36. The van der Waals surface area contributed by atoms with Crippen LogP contribution in [0.5, 0.6) is 0 Å². The van der Waals surface area contributed by atoms with E-state index in [1.165, 1.54) is 0 Å². The lowest BCUT2D eigenvalue weighted by Crippen LogP contribution is -2.37. The number of nitrogens with one attached hydrogen (secondary N) is 2. The van der Waals surface area contributed by atoms with Crippen LogP contribution in [-0.2, 0) is 19.4 Å². The number of aryl methyl sites for hydroxylation is 1. The van der Waals surface area contributed by atoms with Gasteiger partial charge in [-0.15, -0.1) is 0 Å². The van der Waals surface area contributed by atoms with Gasteiger partial charge in [-0.2, -0.15) is 0 Å². The van der Waals surface area contributed by atoms with Gasteiger partial charge in [0.05, 0.1) is 18.5 Å². The Hall–Kier alpha value is -2.24. The Kier molecular flexibility index (Phi) is 5.23. The number of furan rings is 1. The number of hydrogen-bond acceptors (Lipinski definition) is 4. The molecular formula is C14H20N4O2. The molecule has 0 unspecified atom stereocenters. The topological polar surface area (TPSA) is 75.6 Å². The summed E-state index contributed by atoms with van der Waals surface area (Å²) in [5, 5.41) is 10.3. The molecule has 2 aromatic rings. The molecule has 0 amide bonds. The molecule has 0 aromatic carbocycles. The predicted octanol–water partition coefficient (Wildman–Crippen LogP) is 1.74. The van der Waals surface area contributed by atoms with Crippen LogP contribution in [0.25, 0.3) is 0 Å². The fourth-order valence-electron chi connectivity index (χ4n) is 1.76. The molecule has 2 rings (SSSR count). The maximum Gasteiger partial charge on any atom is 0.191 e. The van der Waals surface area contributed by atoms with E-state index in [0.717, 1.165) is 42.6 Å². The van der Waals surface area contributed by atoms with E-state index in [9.17, 15) is 0 Å². The van der Waals surface area contributed by atoms with Crippen LogP contribution in [0.2, 0.25) is 0 Å². The zero-order valence-electron chi connectivity index (χ0n) is 11.8. The van der Waals surface area contributed by atoms with Crippen LogP contribution < -0.4 is 10.6 Å². The Bertz CT molecular complexity index is 531. The standard InChI is InChI=1S/C14H20N4O2/c1-3-11-9-13(20-18-11)10-17-14(15-2)16-7-6-12-5-4-8-19-12/h4-5,8-9H,3,6-7,10H2,1-2H3,(H2,15,16,17). The number of guanidine groups is 1. The molecule has 108 valence electrons. The number of aliphatic imine (C=N–C) groups is 1. The Balaban J connectivity index is 1.72. The van der Waals surface area contributed by atoms with Crippen molar-refractivity contribution in [3.63, 3.8) is 0 Å². The molecule has 0 atom stereocenters. The summed E-state index contributed by atoms with van der Waals surface area (Å²) in [7, 11) is 1.74. The number of nitrogens with zero attached hydrogens (tertiary/aromatic N) is 2. The Labute approximate surface area is 118 Å². The van der Waals surface area contributed by atoms with Gasteiger partial charge in [0.25, 0.3) is 0 Å². The summed E-state index contributed by atoms with van der Waals surface area (Å²) in [5.74, 6) is 2.48. The quantitative estimate of drug-likeness (QED) is 0.621. The van der Waals surface area contributed by atoms with Crippen molar-refractivity contribution in [1.82, 2.24) is 15.8 Å². The lowest BCUT2D eigenvalue weighted by atomic mass is 10.3. The fraction of sp³-hybridized carbons (Fsp3) is 0.429. The first-order valence-electron chi connectivity index (χ1n) is 6.73. The molecule has 6 heteroatoms. The van der Waals surface area contributed by atoms with Crippen LogP contribution in [0.15, 0.2) is 38.4 Å². The molecular weight excluding hydrogens is 256 g/mol. The number of rotatable bonds is 6. The normalized spacial score (nSPS) is 11.6. The molecule has 2 aromatic heterocycles. The number of hydrogen-bond donors (Lipinski definition) is 2. The van der Waals surface area contributed by atoms with E-state index in [2.05, 4.69) is 20.8 Å². The van der Waals surface area contributed by atoms with Crippen molar-refractivity contribution in [3.05, 3.63) is 41.7 Å². The van der Waals surface area contributed by atoms with Gasteiger partial charge in [0.2, 0.25) is 0 Å². The molecule has 20 heavy (non-hydrogen) atoms. The van der Waals surface area contributed by atoms with E-state index >= 15 is 0 Å². The first kappa shape index (κ1) is 14.2. The Morgan fingerprint density at radius 3 is 2.90 bits per heavy atom. The van der Waals surface area contributed by atoms with Crippen LogP contribution in [0.3, 0.4) is 0 Å². The van der Waals surface area contributed by atoms with Crippen LogP contribution in [-0.4, -0.2) is 24.7 Å². The zero-order valence-corrected chi connectivity index (χ0v) is 11.8. The average Bonchev–Trinajstić information content (AvgIpc) is 3.13. The molecule has 6 nitrogen and oxygen atoms in total. The van der Waals surface area contributed by atoms with Crippen LogP contribution >= 0.6 is 0 Å². The minimum absolute atomic E-state index is 0.563. The molecule has 2 N–H and O–H groups in total. The summed E-state index contributed by atoms with van der Waals surface area (Å²) in [5.41, 5.74) is 0.961. The van der Waals surface area contributed by atoms with Crippen molar-refractivity contribution in [3.8, 4) is 0 Å². The molecule has 0 spiro atoms. The van der Waals surface area contributed by atoms with E-state index in [0.29, 0.717) is 6.54 Å². The second kappa shape index (κ2) is 7.37. The monoisotopic (exact) mass is 276 g/mol. The van der Waals surface area contributed by atoms with Gasteiger partial charge in [-0.25, -0.2) is 0 Å². The smallest absolute Gasteiger partial charge is 0.191 e. The Morgan fingerprint density at radius 1 is 1.35 bits per heavy atom. The van der Waals surface area contributed by atoms with E-state index in [1.807, 2.05) is 25.1 Å². The van der Waals surface area contributed by atoms with Crippen molar-refractivity contribution >= 4 is 5.96 Å². The van der Waals surface area contributed by atoms with Gasteiger partial charge in [-0.3, -0.25) is 4.99 Å². The fourth-order valence-corrected chi connectivity index (χ4v) is 1.76. The maximum atomic E-state index is 5.27. The van der Waals surface area contributed by atoms with E-state index in [4.69, 9.17) is 8.94 Å². The SMILES string of the molecule is CCc1cc(CNC(=NC)NCCc2ccco2)on1. The molecule has 0 aliphatic rings. The molecule has 0 saturated carbocycles. The molecule has 0 aliphatic carbocycles. The van der Waals surface area contributed by atoms with E-state index in [-0.39, 0.29) is 0 Å². The molecule has 0 saturated heterocycles. The lowest BCUT2D eigenvalue weighted by molar-refractivity contribution is 0.374. The summed E-state index contributed by atoms with van der Waals surface area (Å²) in [6, 6.07) is 5.79. The van der Waals surface area contributed by atoms with Gasteiger partial charge < -0.3 is 19.6 Å². The minimum Gasteiger partial charge on any atom is -0.469 e. The molecule has 2 heterocycles. The second-order valence-corrected chi connectivity index (χ2v) is 4.32. The first-order chi connectivity index (χ1) is 9.81. The van der Waals surface area contributed by atoms with Gasteiger partial charge in [-0.05, 0) is 18.6 Å². The van der Waals surface area contributed by atoms with Crippen LogP contribution in [0, 0.1) is 0 Å². The second-order valence-electron chi connectivity index (χ2n) is 4.32. The molecule has 0 bridgehead atoms. The highest BCUT2D eigenvalue weighted by Crippen LogP contribution is 2.03. The predicted molar refractivity (Wildman–Crippen MR) is 76.5 cm³/mol. The van der Waals surface area contributed by atoms with Crippen molar-refractivity contribution in [2.75, 3.05) is 13.6 Å². The zero-order chi connectivity index (χ0) is 14.2. The van der Waals surface area contributed by atoms with Gasteiger partial charge in [0.1, 0.15) is 5.76 Å². The first-order valence-corrected chi connectivity index (χ1v) is 6.73. The van der Waals surface area contributed by atoms with E-state index in [1.54, 1.807) is 13.3 Å². The van der Waals surface area contributed by atoms with Crippen molar-refractivity contribution < 1.29 is 8.94 Å². The average molecular weight is 276 g/mol. The van der Waals surface area contributed by atoms with Gasteiger partial charge in [-0.1, -0.05) is 12.1 Å². The van der Waals surface area contributed by atoms with Crippen LogP contribution in [0.4, 0.5) is 0 Å². The summed E-state index contributed by atoms with van der Waals surface area (Å²) < 4.78 is 10.5. The Morgan fingerprint density at radius 2 is 2.25 bits per heavy atom. The summed E-state index contributed by atoms with van der Waals surface area (Å²) in [6.07, 6.45) is 3.37. The molecule has 0 fully saturated rings. The highest BCUT2D eigenvalue weighted by molar-refractivity contribution is 5.79.